The van der Waals surface area contributed by atoms with E-state index in [0.717, 1.165) is 5.39 Å². The van der Waals surface area contributed by atoms with Gasteiger partial charge < -0.3 is 5.32 Å². The predicted octanol–water partition coefficient (Wildman–Crippen LogP) is 3.97. The Kier molecular flexibility index (Phi) is 6.21. The second-order valence-corrected chi connectivity index (χ2v) is 9.48. The van der Waals surface area contributed by atoms with Gasteiger partial charge in [0.15, 0.2) is 5.65 Å². The van der Waals surface area contributed by atoms with Crippen LogP contribution in [0, 0.1) is 18.8 Å². The zero-order chi connectivity index (χ0) is 27.8. The van der Waals surface area contributed by atoms with Crippen molar-refractivity contribution in [1.29, 1.82) is 0 Å². The first-order chi connectivity index (χ1) is 19.4. The third-order valence-corrected chi connectivity index (χ3v) is 6.72. The maximum absolute atomic E-state index is 14.2. The van der Waals surface area contributed by atoms with Crippen LogP contribution in [-0.2, 0) is 7.05 Å². The second kappa shape index (κ2) is 10.0. The molecule has 0 unspecified atom stereocenters. The highest BCUT2D eigenvalue weighted by molar-refractivity contribution is 6.01. The highest BCUT2D eigenvalue weighted by Crippen LogP contribution is 2.24. The Hall–Kier alpha value is -5.49. The molecule has 0 saturated carbocycles. The molecule has 0 spiro atoms. The fourth-order valence-electron chi connectivity index (χ4n) is 4.87. The summed E-state index contributed by atoms with van der Waals surface area (Å²) in [5, 5.41) is 13.0. The molecule has 196 valence electrons. The minimum Gasteiger partial charge on any atom is -0.344 e. The lowest BCUT2D eigenvalue weighted by Crippen LogP contribution is -2.32. The van der Waals surface area contributed by atoms with Crippen LogP contribution in [0.1, 0.15) is 46.0 Å². The van der Waals surface area contributed by atoms with Crippen molar-refractivity contribution in [2.45, 2.75) is 19.9 Å². The number of nitrogens with one attached hydrogen (secondary N) is 1. The standard InChI is InChI=1S/C31H25N7O2/c1-20(33-30(39)27-21(2)34-37-17-8-16-32-29(27)37)26-19-23-10-7-9-22(13-14-24-15-18-36(3)35-24)28(23)31(40)38(26)25-11-5-4-6-12-25/h4-12,15-20H,1-3H3,(H,33,39)/t20-/m0/s1. The zero-order valence-corrected chi connectivity index (χ0v) is 22.2. The first kappa shape index (κ1) is 24.8. The number of nitrogens with zero attached hydrogens (tertiary/aromatic N) is 6. The van der Waals surface area contributed by atoms with E-state index < -0.39 is 6.04 Å². The van der Waals surface area contributed by atoms with Gasteiger partial charge in [-0.15, -0.1) is 0 Å². The van der Waals surface area contributed by atoms with Gasteiger partial charge in [-0.05, 0) is 61.6 Å². The van der Waals surface area contributed by atoms with Gasteiger partial charge in [0.25, 0.3) is 11.5 Å². The van der Waals surface area contributed by atoms with E-state index in [1.54, 1.807) is 39.1 Å². The van der Waals surface area contributed by atoms with Gasteiger partial charge in [-0.1, -0.05) is 36.3 Å². The van der Waals surface area contributed by atoms with Crippen LogP contribution in [-0.4, -0.2) is 34.9 Å². The lowest BCUT2D eigenvalue weighted by atomic mass is 10.0. The van der Waals surface area contributed by atoms with Crippen LogP contribution in [0.2, 0.25) is 0 Å². The van der Waals surface area contributed by atoms with Crippen molar-refractivity contribution in [2.75, 3.05) is 0 Å². The summed E-state index contributed by atoms with van der Waals surface area (Å²) >= 11 is 0. The average molecular weight is 528 g/mol. The van der Waals surface area contributed by atoms with Crippen molar-refractivity contribution in [2.24, 2.45) is 7.05 Å². The molecule has 0 radical (unpaired) electrons. The van der Waals surface area contributed by atoms with Gasteiger partial charge in [-0.2, -0.15) is 10.2 Å². The molecule has 4 heterocycles. The molecule has 1 atom stereocenters. The molecule has 9 nitrogen and oxygen atoms in total. The smallest absolute Gasteiger partial charge is 0.264 e. The predicted molar refractivity (Wildman–Crippen MR) is 152 cm³/mol. The number of carbonyl (C=O) groups is 1. The Morgan fingerprint density at radius 1 is 0.975 bits per heavy atom. The van der Waals surface area contributed by atoms with Crippen molar-refractivity contribution in [3.63, 3.8) is 0 Å². The molecule has 0 aliphatic heterocycles. The van der Waals surface area contributed by atoms with Gasteiger partial charge in [0.2, 0.25) is 0 Å². The van der Waals surface area contributed by atoms with Crippen molar-refractivity contribution in [1.82, 2.24) is 34.3 Å². The van der Waals surface area contributed by atoms with Crippen molar-refractivity contribution in [3.05, 3.63) is 124 Å². The largest absolute Gasteiger partial charge is 0.344 e. The normalized spacial score (nSPS) is 11.8. The SMILES string of the molecule is Cc1nn2cccnc2c1C(=O)N[C@@H](C)c1cc2cccc(C#Cc3ccn(C)n3)c2c(=O)n1-c1ccccc1. The van der Waals surface area contributed by atoms with Gasteiger partial charge >= 0.3 is 0 Å². The topological polar surface area (TPSA) is 99.1 Å². The second-order valence-electron chi connectivity index (χ2n) is 9.48. The van der Waals surface area contributed by atoms with E-state index in [9.17, 15) is 9.59 Å². The molecule has 0 bridgehead atoms. The summed E-state index contributed by atoms with van der Waals surface area (Å²) in [5.74, 6) is 5.87. The van der Waals surface area contributed by atoms with E-state index in [1.807, 2.05) is 80.8 Å². The first-order valence-corrected chi connectivity index (χ1v) is 12.8. The van der Waals surface area contributed by atoms with Crippen molar-refractivity contribution in [3.8, 4) is 17.5 Å². The molecule has 0 saturated heterocycles. The monoisotopic (exact) mass is 527 g/mol. The Labute approximate surface area is 229 Å². The molecular formula is C31H25N7O2. The third-order valence-electron chi connectivity index (χ3n) is 6.72. The Morgan fingerprint density at radius 2 is 1.80 bits per heavy atom. The van der Waals surface area contributed by atoms with E-state index in [2.05, 4.69) is 32.3 Å². The van der Waals surface area contributed by atoms with Crippen LogP contribution in [0.3, 0.4) is 0 Å². The zero-order valence-electron chi connectivity index (χ0n) is 22.2. The fraction of sp³-hybridized carbons (Fsp3) is 0.129. The first-order valence-electron chi connectivity index (χ1n) is 12.8. The van der Waals surface area contributed by atoms with Crippen molar-refractivity contribution >= 4 is 22.3 Å². The van der Waals surface area contributed by atoms with Crippen LogP contribution >= 0.6 is 0 Å². The summed E-state index contributed by atoms with van der Waals surface area (Å²) in [6.45, 7) is 3.63. The molecule has 1 N–H and O–H groups in total. The quantitative estimate of drug-likeness (QED) is 0.350. The maximum Gasteiger partial charge on any atom is 0.264 e. The number of fused-ring (bicyclic) bond motifs is 2. The van der Waals surface area contributed by atoms with Gasteiger partial charge in [0, 0.05) is 42.6 Å². The highest BCUT2D eigenvalue weighted by atomic mass is 16.2. The van der Waals surface area contributed by atoms with Gasteiger partial charge in [-0.3, -0.25) is 18.8 Å². The van der Waals surface area contributed by atoms with E-state index in [4.69, 9.17) is 0 Å². The molecule has 6 rings (SSSR count). The molecule has 9 heteroatoms. The number of aromatic nitrogens is 6. The number of pyridine rings is 1. The summed E-state index contributed by atoms with van der Waals surface area (Å²) in [7, 11) is 1.83. The molecule has 40 heavy (non-hydrogen) atoms. The van der Waals surface area contributed by atoms with Crippen LogP contribution in [0.25, 0.3) is 22.1 Å². The molecule has 0 aliphatic rings. The van der Waals surface area contributed by atoms with E-state index in [0.29, 0.717) is 44.9 Å². The number of carbonyl (C=O) groups excluding carboxylic acids is 1. The van der Waals surface area contributed by atoms with Gasteiger partial charge in [0.05, 0.1) is 17.1 Å². The molecule has 6 aromatic rings. The van der Waals surface area contributed by atoms with Crippen LogP contribution in [0.5, 0.6) is 0 Å². The number of hydrogen-bond acceptors (Lipinski definition) is 5. The summed E-state index contributed by atoms with van der Waals surface area (Å²) < 4.78 is 4.90. The Balaban J connectivity index is 1.48. The van der Waals surface area contributed by atoms with Gasteiger partial charge in [0.1, 0.15) is 11.3 Å². The van der Waals surface area contributed by atoms with Gasteiger partial charge in [-0.25, -0.2) is 9.50 Å². The van der Waals surface area contributed by atoms with E-state index in [-0.39, 0.29) is 11.5 Å². The number of hydrogen-bond donors (Lipinski definition) is 1. The maximum atomic E-state index is 14.2. The number of benzene rings is 2. The molecule has 4 aromatic heterocycles. The molecule has 0 fully saturated rings. The summed E-state index contributed by atoms with van der Waals surface area (Å²) in [6.07, 6.45) is 5.20. The highest BCUT2D eigenvalue weighted by Gasteiger charge is 2.23. The summed E-state index contributed by atoms with van der Waals surface area (Å²) in [5.41, 5.74) is 3.76. The molecular weight excluding hydrogens is 502 g/mol. The average Bonchev–Trinajstić information content (AvgIpc) is 3.53. The minimum atomic E-state index is -0.522. The van der Waals surface area contributed by atoms with Crippen molar-refractivity contribution < 1.29 is 4.79 Å². The van der Waals surface area contributed by atoms with Crippen LogP contribution < -0.4 is 10.9 Å². The molecule has 2 aromatic carbocycles. The lowest BCUT2D eigenvalue weighted by Gasteiger charge is -2.21. The van der Waals surface area contributed by atoms with E-state index in [1.165, 1.54) is 0 Å². The summed E-state index contributed by atoms with van der Waals surface area (Å²) in [6, 6.07) is 20.0. The number of rotatable bonds is 4. The Morgan fingerprint density at radius 3 is 2.58 bits per heavy atom. The molecule has 1 amide bonds. The molecule has 0 aliphatic carbocycles. The number of aryl methyl sites for hydroxylation is 2. The third kappa shape index (κ3) is 4.41. The fourth-order valence-corrected chi connectivity index (χ4v) is 4.87. The number of para-hydroxylation sites is 1. The Bertz CT molecular complexity index is 2020. The van der Waals surface area contributed by atoms with Crippen LogP contribution in [0.15, 0.2) is 90.1 Å². The summed E-state index contributed by atoms with van der Waals surface area (Å²) in [4.78, 5) is 32.0. The van der Waals surface area contributed by atoms with E-state index >= 15 is 0 Å². The minimum absolute atomic E-state index is 0.223. The van der Waals surface area contributed by atoms with Crippen LogP contribution in [0.4, 0.5) is 0 Å². The lowest BCUT2D eigenvalue weighted by molar-refractivity contribution is 0.0939. The number of amides is 1.